The summed E-state index contributed by atoms with van der Waals surface area (Å²) in [6.45, 7) is 11.3. The van der Waals surface area contributed by atoms with Crippen molar-refractivity contribution in [3.8, 4) is 28.8 Å². The summed E-state index contributed by atoms with van der Waals surface area (Å²) in [7, 11) is 0. The van der Waals surface area contributed by atoms with E-state index in [1.807, 2.05) is 129 Å². The Morgan fingerprint density at radius 3 is 1.33 bits per heavy atom. The Bertz CT molecular complexity index is 4720. The van der Waals surface area contributed by atoms with Crippen molar-refractivity contribution in [3.05, 3.63) is 215 Å². The van der Waals surface area contributed by atoms with Crippen molar-refractivity contribution in [1.82, 2.24) is 58.6 Å². The van der Waals surface area contributed by atoms with E-state index in [0.717, 1.165) is 61.1 Å². The Morgan fingerprint density at radius 2 is 0.897 bits per heavy atom. The molecule has 0 radical (unpaired) electrons. The molecule has 0 bridgehead atoms. The monoisotopic (exact) mass is 1360 g/mol. The van der Waals surface area contributed by atoms with Crippen LogP contribution < -0.4 is 29.9 Å². The number of ether oxygens (including phenoxy) is 2. The second-order valence-electron chi connectivity index (χ2n) is 24.1. The average molecular weight is 1370 g/mol. The maximum Gasteiger partial charge on any atom is 0.267 e. The molecule has 2 aliphatic heterocycles. The van der Waals surface area contributed by atoms with Crippen molar-refractivity contribution in [1.29, 1.82) is 0 Å². The number of carbonyl (C=O) groups is 3. The summed E-state index contributed by atoms with van der Waals surface area (Å²) < 4.78 is 17.2. The van der Waals surface area contributed by atoms with E-state index in [0.29, 0.717) is 49.1 Å². The number of aliphatic hydroxyl groups is 4. The van der Waals surface area contributed by atoms with Crippen LogP contribution in [-0.4, -0.2) is 136 Å². The van der Waals surface area contributed by atoms with Gasteiger partial charge in [0.2, 0.25) is 11.8 Å². The second kappa shape index (κ2) is 26.9. The Morgan fingerprint density at radius 1 is 0.505 bits per heavy atom. The van der Waals surface area contributed by atoms with Gasteiger partial charge in [0.05, 0.1) is 89.0 Å². The highest BCUT2D eigenvalue weighted by Crippen LogP contribution is 2.35. The molecule has 3 aromatic carbocycles. The van der Waals surface area contributed by atoms with Crippen LogP contribution in [0.5, 0.6) is 11.8 Å². The van der Waals surface area contributed by atoms with Crippen molar-refractivity contribution in [3.63, 3.8) is 0 Å². The third-order valence-electron chi connectivity index (χ3n) is 16.1. The number of pyridine rings is 3. The molecular weight excluding hydrogens is 1300 g/mol. The third-order valence-corrected chi connectivity index (χ3v) is 16.9. The molecule has 6 N–H and O–H groups in total. The number of benzene rings is 3. The van der Waals surface area contributed by atoms with Gasteiger partial charge in [0.15, 0.2) is 0 Å². The van der Waals surface area contributed by atoms with Gasteiger partial charge in [0.25, 0.3) is 17.7 Å². The minimum Gasteiger partial charge on any atom is -0.475 e. The van der Waals surface area contributed by atoms with E-state index in [1.54, 1.807) is 82.1 Å². The van der Waals surface area contributed by atoms with Crippen LogP contribution in [0.15, 0.2) is 165 Å². The quantitative estimate of drug-likeness (QED) is 0.0710. The number of amides is 3. The number of hydrogen-bond donors (Lipinski definition) is 5. The molecule has 11 heterocycles. The molecule has 3 amide bonds. The fourth-order valence-corrected chi connectivity index (χ4v) is 11.8. The zero-order valence-corrected chi connectivity index (χ0v) is 55.3. The standard InChI is InChI=1S/C23H21Cl2N5O3.C23H20ClN5O3.C23H22N6O3/c1-23(2,33)18-6-4-16(12-26-18)29-8-7-14-11-15(3-5-17(14)29)30(9-10-31)22(32)19-20(24)27-13-28-21(19)25;2*1-23(2,31)18-6-4-16(12-25-18)28-8-7-14-11-15(3-5-17(14)28)29-9-10-32-21-19(22(29)30)20(24)26-13-27-21/h3-8,11-13,31,33H,9-10H2,1-2H3;3-8,11-13,31H,9-10H2,1-2H3;3-8,11-13,31H,9-10H2,1-2H3,(H2,24,26,27). The maximum atomic E-state index is 13.2. The zero-order chi connectivity index (χ0) is 68.7. The number of anilines is 4. The van der Waals surface area contributed by atoms with Crippen LogP contribution in [0.25, 0.3) is 49.8 Å². The summed E-state index contributed by atoms with van der Waals surface area (Å²) in [6.07, 6.45) is 14.7. The first-order valence-corrected chi connectivity index (χ1v) is 31.5. The van der Waals surface area contributed by atoms with E-state index in [2.05, 4.69) is 44.9 Å². The predicted octanol–water partition coefficient (Wildman–Crippen LogP) is 10.4. The molecule has 0 atom stereocenters. The van der Waals surface area contributed by atoms with E-state index in [9.17, 15) is 34.8 Å². The summed E-state index contributed by atoms with van der Waals surface area (Å²) in [6, 6.07) is 34.1. The smallest absolute Gasteiger partial charge is 0.267 e. The summed E-state index contributed by atoms with van der Waals surface area (Å²) in [4.78, 5) is 81.0. The molecule has 2 aliphatic rings. The van der Waals surface area contributed by atoms with Crippen molar-refractivity contribution in [2.24, 2.45) is 0 Å². The molecule has 494 valence electrons. The highest BCUT2D eigenvalue weighted by molar-refractivity contribution is 6.39. The molecule has 0 spiro atoms. The molecule has 0 aliphatic carbocycles. The van der Waals surface area contributed by atoms with Crippen molar-refractivity contribution in [2.45, 2.75) is 58.3 Å². The first-order valence-electron chi connectivity index (χ1n) is 30.4. The van der Waals surface area contributed by atoms with Crippen molar-refractivity contribution < 1.29 is 44.3 Å². The molecular formula is C69H63Cl3N16O9. The topological polar surface area (TPSA) is 317 Å². The number of carbonyl (C=O) groups excluding carboxylic acids is 3. The zero-order valence-electron chi connectivity index (χ0n) is 53.1. The van der Waals surface area contributed by atoms with E-state index in [4.69, 9.17) is 50.0 Å². The molecule has 0 unspecified atom stereocenters. The number of fused-ring (bicyclic) bond motifs is 5. The van der Waals surface area contributed by atoms with Gasteiger partial charge >= 0.3 is 0 Å². The van der Waals surface area contributed by atoms with Crippen LogP contribution in [0.4, 0.5) is 22.9 Å². The molecule has 28 heteroatoms. The Balaban J connectivity index is 0.000000139. The fourth-order valence-electron chi connectivity index (χ4n) is 11.1. The summed E-state index contributed by atoms with van der Waals surface area (Å²) in [5.41, 5.74) is 12.4. The van der Waals surface area contributed by atoms with Crippen LogP contribution in [0.1, 0.15) is 89.7 Å². The van der Waals surface area contributed by atoms with Gasteiger partial charge in [-0.1, -0.05) is 34.8 Å². The molecule has 0 fully saturated rings. The van der Waals surface area contributed by atoms with Crippen LogP contribution >= 0.6 is 34.8 Å². The number of halogens is 3. The number of hydrogen-bond acceptors (Lipinski definition) is 19. The number of rotatable bonds is 12. The number of nitrogens with two attached hydrogens (primary N) is 1. The lowest BCUT2D eigenvalue weighted by atomic mass is 10.1. The van der Waals surface area contributed by atoms with E-state index >= 15 is 0 Å². The lowest BCUT2D eigenvalue weighted by molar-refractivity contribution is 0.0733. The van der Waals surface area contributed by atoms with E-state index in [1.165, 1.54) is 23.9 Å². The minimum atomic E-state index is -1.02. The van der Waals surface area contributed by atoms with E-state index in [-0.39, 0.29) is 74.7 Å². The highest BCUT2D eigenvalue weighted by atomic mass is 35.5. The molecule has 0 saturated heterocycles. The lowest BCUT2D eigenvalue weighted by Crippen LogP contribution is -2.34. The van der Waals surface area contributed by atoms with Crippen LogP contribution in [-0.2, 0) is 16.8 Å². The molecule has 97 heavy (non-hydrogen) atoms. The van der Waals surface area contributed by atoms with Gasteiger partial charge in [-0.15, -0.1) is 0 Å². The summed E-state index contributed by atoms with van der Waals surface area (Å²) in [5, 5.41) is 42.7. The van der Waals surface area contributed by atoms with Crippen molar-refractivity contribution >= 4 is 108 Å². The van der Waals surface area contributed by atoms with Gasteiger partial charge in [-0.05, 0) is 151 Å². The van der Waals surface area contributed by atoms with Crippen LogP contribution in [0.3, 0.4) is 0 Å². The minimum absolute atomic E-state index is 0.0232. The van der Waals surface area contributed by atoms with Crippen LogP contribution in [0.2, 0.25) is 15.5 Å². The highest BCUT2D eigenvalue weighted by Gasteiger charge is 2.32. The number of aliphatic hydroxyl groups excluding tert-OH is 1. The molecule has 0 saturated carbocycles. The lowest BCUT2D eigenvalue weighted by Gasteiger charge is -2.23. The fraction of sp³-hybridized carbons (Fsp3) is 0.217. The number of nitrogens with zero attached hydrogens (tertiary/aromatic N) is 15. The maximum absolute atomic E-state index is 13.2. The average Bonchev–Trinajstić information content (AvgIpc) is 1.76. The Labute approximate surface area is 569 Å². The first kappa shape index (κ1) is 66.5. The predicted molar refractivity (Wildman–Crippen MR) is 368 cm³/mol. The largest absolute Gasteiger partial charge is 0.475 e. The van der Waals surface area contributed by atoms with Gasteiger partial charge in [-0.2, -0.15) is 0 Å². The molecule has 9 aromatic heterocycles. The van der Waals surface area contributed by atoms with Gasteiger partial charge in [0, 0.05) is 58.4 Å². The first-order chi connectivity index (χ1) is 46.4. The van der Waals surface area contributed by atoms with Gasteiger partial charge in [0.1, 0.15) is 87.0 Å². The van der Waals surface area contributed by atoms with E-state index < -0.39 is 22.7 Å². The normalized spacial score (nSPS) is 13.4. The summed E-state index contributed by atoms with van der Waals surface area (Å²) in [5.74, 6) is -0.592. The Kier molecular flexibility index (Phi) is 18.5. The van der Waals surface area contributed by atoms with Gasteiger partial charge in [-0.3, -0.25) is 29.3 Å². The molecule has 25 nitrogen and oxygen atoms in total. The number of nitrogen functional groups attached to an aromatic ring is 1. The second-order valence-corrected chi connectivity index (χ2v) is 25.1. The SMILES string of the molecule is CC(C)(O)c1ccc(-n2ccc3cc(N(CCO)C(=O)c4c(Cl)ncnc4Cl)ccc32)cn1.CC(C)(O)c1ccc(-n2ccc3cc(N4CCOc5ncnc(Cl)c5C4=O)ccc32)cn1.CC(C)(O)c1ccc(-n2ccc3cc(N4CCOc5ncnc(N)c5C4=O)ccc32)cn1. The Hall–Kier alpha value is -10.5. The van der Waals surface area contributed by atoms with Gasteiger partial charge < -0.3 is 64.0 Å². The molecule has 14 rings (SSSR count). The molecule has 12 aromatic rings. The van der Waals surface area contributed by atoms with Crippen molar-refractivity contribution in [2.75, 3.05) is 59.9 Å². The number of aromatic nitrogens is 12. The summed E-state index contributed by atoms with van der Waals surface area (Å²) >= 11 is 18.3. The van der Waals surface area contributed by atoms with Gasteiger partial charge in [-0.25, -0.2) is 29.9 Å². The third kappa shape index (κ3) is 13.7. The van der Waals surface area contributed by atoms with Crippen LogP contribution in [0, 0.1) is 0 Å².